The van der Waals surface area contributed by atoms with Crippen molar-refractivity contribution in [2.45, 2.75) is 37.6 Å². The summed E-state index contributed by atoms with van der Waals surface area (Å²) in [5, 5.41) is -0.0510. The van der Waals surface area contributed by atoms with Crippen molar-refractivity contribution in [2.24, 2.45) is 0 Å². The second-order valence-electron chi connectivity index (χ2n) is 4.13. The Hall–Kier alpha value is -0.0900. The SMILES string of the molecule is CC(C)N1C[C@H]2C[C@@H]1CS2(=O)=O. The van der Waals surface area contributed by atoms with Crippen LogP contribution in [0.4, 0.5) is 0 Å². The number of hydrogen-bond acceptors (Lipinski definition) is 3. The molecule has 0 saturated carbocycles. The molecule has 0 aromatic heterocycles. The lowest BCUT2D eigenvalue weighted by atomic mass is 10.2. The molecule has 4 heteroatoms. The lowest BCUT2D eigenvalue weighted by molar-refractivity contribution is 0.213. The summed E-state index contributed by atoms with van der Waals surface area (Å²) in [6, 6.07) is 0.815. The number of likely N-dealkylation sites (tertiary alicyclic amines) is 1. The molecule has 12 heavy (non-hydrogen) atoms. The number of sulfone groups is 1. The van der Waals surface area contributed by atoms with Gasteiger partial charge < -0.3 is 0 Å². The van der Waals surface area contributed by atoms with E-state index in [-0.39, 0.29) is 5.25 Å². The monoisotopic (exact) mass is 189 g/mol. The normalized spacial score (nSPS) is 39.6. The fourth-order valence-electron chi connectivity index (χ4n) is 2.36. The minimum Gasteiger partial charge on any atom is -0.296 e. The Morgan fingerprint density at radius 3 is 2.42 bits per heavy atom. The minimum absolute atomic E-state index is 0.0510. The molecular weight excluding hydrogens is 174 g/mol. The molecule has 0 spiro atoms. The van der Waals surface area contributed by atoms with E-state index >= 15 is 0 Å². The summed E-state index contributed by atoms with van der Waals surface area (Å²) in [6.07, 6.45) is 0.876. The van der Waals surface area contributed by atoms with Crippen LogP contribution in [0.2, 0.25) is 0 Å². The zero-order chi connectivity index (χ0) is 8.93. The smallest absolute Gasteiger partial charge is 0.156 e. The Kier molecular flexibility index (Phi) is 1.74. The molecule has 2 aliphatic heterocycles. The highest BCUT2D eigenvalue weighted by atomic mass is 32.2. The summed E-state index contributed by atoms with van der Waals surface area (Å²) in [5.41, 5.74) is 0. The Labute approximate surface area is 73.7 Å². The van der Waals surface area contributed by atoms with Crippen LogP contribution in [-0.4, -0.2) is 42.9 Å². The fourth-order valence-corrected chi connectivity index (χ4v) is 4.41. The average Bonchev–Trinajstić information content (AvgIpc) is 2.40. The van der Waals surface area contributed by atoms with Crippen LogP contribution in [-0.2, 0) is 9.84 Å². The minimum atomic E-state index is -2.70. The van der Waals surface area contributed by atoms with Crippen LogP contribution >= 0.6 is 0 Å². The maximum atomic E-state index is 11.4. The third-order valence-electron chi connectivity index (χ3n) is 3.01. The van der Waals surface area contributed by atoms with E-state index in [9.17, 15) is 8.42 Å². The van der Waals surface area contributed by atoms with Crippen molar-refractivity contribution in [2.75, 3.05) is 12.3 Å². The van der Waals surface area contributed by atoms with Crippen LogP contribution in [0.5, 0.6) is 0 Å². The molecule has 2 rings (SSSR count). The topological polar surface area (TPSA) is 37.4 Å². The Morgan fingerprint density at radius 1 is 1.42 bits per heavy atom. The molecule has 2 fully saturated rings. The number of rotatable bonds is 1. The van der Waals surface area contributed by atoms with Gasteiger partial charge in [-0.05, 0) is 20.3 Å². The van der Waals surface area contributed by atoms with Crippen LogP contribution < -0.4 is 0 Å². The van der Waals surface area contributed by atoms with Gasteiger partial charge in [0.25, 0.3) is 0 Å². The van der Waals surface area contributed by atoms with Gasteiger partial charge in [-0.25, -0.2) is 8.42 Å². The highest BCUT2D eigenvalue weighted by Crippen LogP contribution is 2.33. The highest BCUT2D eigenvalue weighted by molar-refractivity contribution is 7.92. The quantitative estimate of drug-likeness (QED) is 0.594. The van der Waals surface area contributed by atoms with Gasteiger partial charge in [0.15, 0.2) is 9.84 Å². The molecule has 0 aromatic rings. The zero-order valence-electron chi connectivity index (χ0n) is 7.53. The summed E-state index contributed by atoms with van der Waals surface area (Å²) < 4.78 is 22.7. The molecule has 0 unspecified atom stereocenters. The lowest BCUT2D eigenvalue weighted by Gasteiger charge is -2.30. The third kappa shape index (κ3) is 1.09. The standard InChI is InChI=1S/C8H15NO2S/c1-6(2)9-4-8-3-7(9)5-12(8,10)11/h6-8H,3-5H2,1-2H3/t7-,8-/m1/s1. The molecule has 2 saturated heterocycles. The van der Waals surface area contributed by atoms with Gasteiger partial charge in [-0.3, -0.25) is 4.90 Å². The molecule has 3 nitrogen and oxygen atoms in total. The van der Waals surface area contributed by atoms with E-state index in [2.05, 4.69) is 18.7 Å². The Morgan fingerprint density at radius 2 is 2.08 bits per heavy atom. The maximum absolute atomic E-state index is 11.4. The van der Waals surface area contributed by atoms with Crippen LogP contribution in [0.15, 0.2) is 0 Å². The second kappa shape index (κ2) is 2.45. The summed E-state index contributed by atoms with van der Waals surface area (Å²) in [5.74, 6) is 0.399. The number of hydrogen-bond donors (Lipinski definition) is 0. The maximum Gasteiger partial charge on any atom is 0.156 e. The van der Waals surface area contributed by atoms with E-state index < -0.39 is 9.84 Å². The van der Waals surface area contributed by atoms with Crippen LogP contribution in [0, 0.1) is 0 Å². The van der Waals surface area contributed by atoms with Gasteiger partial charge in [0.05, 0.1) is 11.0 Å². The van der Waals surface area contributed by atoms with Gasteiger partial charge >= 0.3 is 0 Å². The molecule has 0 N–H and O–H groups in total. The molecule has 0 amide bonds. The number of nitrogens with zero attached hydrogens (tertiary/aromatic N) is 1. The molecule has 0 aliphatic carbocycles. The zero-order valence-corrected chi connectivity index (χ0v) is 8.34. The lowest BCUT2D eigenvalue weighted by Crippen LogP contribution is -2.44. The van der Waals surface area contributed by atoms with Crippen molar-refractivity contribution in [1.82, 2.24) is 4.90 Å². The van der Waals surface area contributed by atoms with Gasteiger partial charge in [0.1, 0.15) is 0 Å². The van der Waals surface area contributed by atoms with Gasteiger partial charge in [-0.2, -0.15) is 0 Å². The van der Waals surface area contributed by atoms with Crippen molar-refractivity contribution in [3.63, 3.8) is 0 Å². The van der Waals surface area contributed by atoms with Crippen molar-refractivity contribution in [1.29, 1.82) is 0 Å². The first kappa shape index (κ1) is 8.51. The van der Waals surface area contributed by atoms with Crippen LogP contribution in [0.3, 0.4) is 0 Å². The predicted molar refractivity (Wildman–Crippen MR) is 47.8 cm³/mol. The van der Waals surface area contributed by atoms with Crippen molar-refractivity contribution in [3.05, 3.63) is 0 Å². The van der Waals surface area contributed by atoms with E-state index in [1.54, 1.807) is 0 Å². The van der Waals surface area contributed by atoms with Gasteiger partial charge in [0.2, 0.25) is 0 Å². The molecular formula is C8H15NO2S. The Bertz CT molecular complexity index is 283. The van der Waals surface area contributed by atoms with Gasteiger partial charge in [-0.1, -0.05) is 0 Å². The summed E-state index contributed by atoms with van der Waals surface area (Å²) in [4.78, 5) is 2.31. The summed E-state index contributed by atoms with van der Waals surface area (Å²) in [6.45, 7) is 5.03. The van der Waals surface area contributed by atoms with Crippen LogP contribution in [0.25, 0.3) is 0 Å². The largest absolute Gasteiger partial charge is 0.296 e. The second-order valence-corrected chi connectivity index (χ2v) is 6.46. The molecule has 2 bridgehead atoms. The molecule has 2 atom stereocenters. The van der Waals surface area contributed by atoms with E-state index in [0.717, 1.165) is 13.0 Å². The first-order chi connectivity index (χ1) is 5.50. The molecule has 0 radical (unpaired) electrons. The van der Waals surface area contributed by atoms with Crippen molar-refractivity contribution in [3.8, 4) is 0 Å². The van der Waals surface area contributed by atoms with Gasteiger partial charge in [-0.15, -0.1) is 0 Å². The average molecular weight is 189 g/mol. The third-order valence-corrected chi connectivity index (χ3v) is 5.22. The first-order valence-corrected chi connectivity index (χ1v) is 6.19. The first-order valence-electron chi connectivity index (χ1n) is 4.48. The molecule has 0 aromatic carbocycles. The van der Waals surface area contributed by atoms with E-state index in [1.807, 2.05) is 0 Å². The summed E-state index contributed by atoms with van der Waals surface area (Å²) >= 11 is 0. The fraction of sp³-hybridized carbons (Fsp3) is 1.00. The van der Waals surface area contributed by atoms with E-state index in [1.165, 1.54) is 0 Å². The van der Waals surface area contributed by atoms with Crippen LogP contribution in [0.1, 0.15) is 20.3 Å². The molecule has 70 valence electrons. The highest BCUT2D eigenvalue weighted by Gasteiger charge is 2.48. The van der Waals surface area contributed by atoms with E-state index in [4.69, 9.17) is 0 Å². The van der Waals surface area contributed by atoms with Crippen molar-refractivity contribution < 1.29 is 8.42 Å². The van der Waals surface area contributed by atoms with Crippen molar-refractivity contribution >= 4 is 9.84 Å². The Balaban J connectivity index is 2.18. The molecule has 2 heterocycles. The number of fused-ring (bicyclic) bond motifs is 2. The predicted octanol–water partition coefficient (Wildman–Crippen LogP) is 0.266. The summed E-state index contributed by atoms with van der Waals surface area (Å²) in [7, 11) is -2.70. The van der Waals surface area contributed by atoms with E-state index in [0.29, 0.717) is 17.8 Å². The molecule has 2 aliphatic rings. The van der Waals surface area contributed by atoms with Gasteiger partial charge in [0, 0.05) is 18.6 Å².